The number of amides is 2. The van der Waals surface area contributed by atoms with Crippen molar-refractivity contribution in [2.24, 2.45) is 0 Å². The maximum absolute atomic E-state index is 13.2. The number of carbonyl (C=O) groups is 2. The number of carbonyl (C=O) groups excluding carboxylic acids is 2. The first-order valence-electron chi connectivity index (χ1n) is 9.36. The summed E-state index contributed by atoms with van der Waals surface area (Å²) in [4.78, 5) is 24.2. The van der Waals surface area contributed by atoms with Crippen LogP contribution in [0.2, 0.25) is 0 Å². The van der Waals surface area contributed by atoms with Crippen molar-refractivity contribution in [2.75, 3.05) is 6.67 Å². The number of alkyl halides is 3. The number of hydroxylamine groups is 1. The van der Waals surface area contributed by atoms with Gasteiger partial charge in [-0.15, -0.1) is 0 Å². The summed E-state index contributed by atoms with van der Waals surface area (Å²) in [5, 5.41) is 23.2. The molecular weight excluding hydrogens is 427 g/mol. The van der Waals surface area contributed by atoms with Gasteiger partial charge in [-0.3, -0.25) is 20.1 Å². The van der Waals surface area contributed by atoms with Gasteiger partial charge in [0.25, 0.3) is 11.8 Å². The minimum atomic E-state index is -5.21. The van der Waals surface area contributed by atoms with Gasteiger partial charge in [-0.05, 0) is 50.2 Å². The molecule has 2 rings (SSSR count). The van der Waals surface area contributed by atoms with Gasteiger partial charge >= 0.3 is 6.18 Å². The van der Waals surface area contributed by atoms with Gasteiger partial charge in [0.2, 0.25) is 0 Å². The molecule has 7 nitrogen and oxygen atoms in total. The van der Waals surface area contributed by atoms with Gasteiger partial charge in [0.1, 0.15) is 5.54 Å². The summed E-state index contributed by atoms with van der Waals surface area (Å²) < 4.78 is 39.7. The van der Waals surface area contributed by atoms with E-state index < -0.39 is 35.8 Å². The molecule has 0 saturated heterocycles. The number of halogens is 3. The Morgan fingerprint density at radius 3 is 1.97 bits per heavy atom. The van der Waals surface area contributed by atoms with Crippen molar-refractivity contribution >= 4 is 11.8 Å². The molecule has 32 heavy (non-hydrogen) atoms. The first-order valence-corrected chi connectivity index (χ1v) is 9.36. The van der Waals surface area contributed by atoms with E-state index in [0.717, 1.165) is 18.0 Å². The zero-order valence-electron chi connectivity index (χ0n) is 17.2. The number of rotatable bonds is 6. The van der Waals surface area contributed by atoms with Crippen LogP contribution in [0.4, 0.5) is 13.2 Å². The molecule has 0 aliphatic carbocycles. The average molecular weight is 449 g/mol. The monoisotopic (exact) mass is 449 g/mol. The van der Waals surface area contributed by atoms with Crippen LogP contribution in [0.3, 0.4) is 0 Å². The highest BCUT2D eigenvalue weighted by molar-refractivity contribution is 5.94. The van der Waals surface area contributed by atoms with Crippen LogP contribution < -0.4 is 16.1 Å². The Morgan fingerprint density at radius 2 is 1.47 bits per heavy atom. The van der Waals surface area contributed by atoms with Crippen molar-refractivity contribution in [3.8, 4) is 11.8 Å². The molecule has 0 radical (unpaired) electrons. The third kappa shape index (κ3) is 5.45. The lowest BCUT2D eigenvalue weighted by molar-refractivity contribution is -0.276. The fourth-order valence-corrected chi connectivity index (χ4v) is 2.64. The Bertz CT molecular complexity index is 1010. The Morgan fingerprint density at radius 1 is 0.938 bits per heavy atom. The van der Waals surface area contributed by atoms with Gasteiger partial charge in [0, 0.05) is 16.7 Å². The average Bonchev–Trinajstić information content (AvgIpc) is 2.77. The van der Waals surface area contributed by atoms with Gasteiger partial charge in [-0.1, -0.05) is 30.0 Å². The molecule has 2 amide bonds. The third-order valence-electron chi connectivity index (χ3n) is 5.04. The lowest BCUT2D eigenvalue weighted by Crippen LogP contribution is -2.73. The second-order valence-corrected chi connectivity index (χ2v) is 7.19. The van der Waals surface area contributed by atoms with Crippen molar-refractivity contribution < 1.29 is 33.1 Å². The Labute approximate surface area is 182 Å². The van der Waals surface area contributed by atoms with E-state index in [9.17, 15) is 27.9 Å². The Kier molecular flexibility index (Phi) is 7.64. The number of aliphatic hydroxyl groups is 1. The molecule has 2 atom stereocenters. The summed E-state index contributed by atoms with van der Waals surface area (Å²) in [5.74, 6) is 3.74. The van der Waals surface area contributed by atoms with Crippen LogP contribution in [0.5, 0.6) is 0 Å². The molecule has 0 bridgehead atoms. The fourth-order valence-electron chi connectivity index (χ4n) is 2.64. The highest BCUT2D eigenvalue weighted by Gasteiger charge is 2.64. The number of hydrogen-bond acceptors (Lipinski definition) is 5. The quantitative estimate of drug-likeness (QED) is 0.200. The standard InChI is InChI=1S/C22H22F3N3O4/c1-20(19(30)28-32,21(2,31)22(23,24)25)27-14-26-18(29)17-12-10-16(11-13-17)9-8-15-6-4-3-5-7-15/h3-7,10-13,27,31-32H,14H2,1-2H3,(H,26,29)(H,28,30). The summed E-state index contributed by atoms with van der Waals surface area (Å²) in [6, 6.07) is 15.5. The van der Waals surface area contributed by atoms with Crippen LogP contribution in [0.1, 0.15) is 35.3 Å². The molecule has 170 valence electrons. The molecule has 0 aliphatic rings. The van der Waals surface area contributed by atoms with Crippen molar-refractivity contribution in [1.29, 1.82) is 0 Å². The Hall–Kier alpha value is -3.39. The van der Waals surface area contributed by atoms with Gasteiger partial charge in [0.05, 0.1) is 6.67 Å². The highest BCUT2D eigenvalue weighted by atomic mass is 19.4. The van der Waals surface area contributed by atoms with Gasteiger partial charge < -0.3 is 10.4 Å². The molecule has 2 unspecified atom stereocenters. The highest BCUT2D eigenvalue weighted by Crippen LogP contribution is 2.38. The number of nitrogens with one attached hydrogen (secondary N) is 3. The van der Waals surface area contributed by atoms with Gasteiger partial charge in [-0.25, -0.2) is 5.48 Å². The SMILES string of the molecule is CC(NCNC(=O)c1ccc(C#Cc2ccccc2)cc1)(C(=O)NO)C(C)(O)C(F)(F)F. The molecule has 2 aromatic carbocycles. The van der Waals surface area contributed by atoms with Crippen LogP contribution in [-0.2, 0) is 4.79 Å². The van der Waals surface area contributed by atoms with E-state index in [2.05, 4.69) is 22.5 Å². The molecule has 10 heteroatoms. The molecule has 2 aromatic rings. The van der Waals surface area contributed by atoms with Gasteiger partial charge in [0.15, 0.2) is 5.60 Å². The largest absolute Gasteiger partial charge is 0.419 e. The third-order valence-corrected chi connectivity index (χ3v) is 5.04. The molecule has 0 heterocycles. The predicted molar refractivity (Wildman–Crippen MR) is 109 cm³/mol. The van der Waals surface area contributed by atoms with Crippen LogP contribution >= 0.6 is 0 Å². The summed E-state index contributed by atoms with van der Waals surface area (Å²) in [5.41, 5.74) is -3.49. The van der Waals surface area contributed by atoms with Gasteiger partial charge in [-0.2, -0.15) is 13.2 Å². The summed E-state index contributed by atoms with van der Waals surface area (Å²) in [6.45, 7) is 0.523. The first-order chi connectivity index (χ1) is 14.9. The second-order valence-electron chi connectivity index (χ2n) is 7.19. The van der Waals surface area contributed by atoms with E-state index in [0.29, 0.717) is 12.5 Å². The van der Waals surface area contributed by atoms with Crippen LogP contribution in [-0.4, -0.2) is 46.1 Å². The maximum atomic E-state index is 13.2. The smallest absolute Gasteiger partial charge is 0.379 e. The van der Waals surface area contributed by atoms with E-state index in [-0.39, 0.29) is 5.56 Å². The summed E-state index contributed by atoms with van der Waals surface area (Å²) >= 11 is 0. The zero-order chi connectivity index (χ0) is 24.0. The molecule has 0 aromatic heterocycles. The van der Waals surface area contributed by atoms with Crippen LogP contribution in [0, 0.1) is 11.8 Å². The topological polar surface area (TPSA) is 111 Å². The molecule has 0 spiro atoms. The minimum absolute atomic E-state index is 0.202. The fraction of sp³-hybridized carbons (Fsp3) is 0.273. The van der Waals surface area contributed by atoms with Crippen LogP contribution in [0.15, 0.2) is 54.6 Å². The van der Waals surface area contributed by atoms with E-state index in [1.54, 1.807) is 12.1 Å². The van der Waals surface area contributed by atoms with Crippen molar-refractivity contribution in [2.45, 2.75) is 31.2 Å². The lowest BCUT2D eigenvalue weighted by atomic mass is 9.81. The summed E-state index contributed by atoms with van der Waals surface area (Å²) in [6.07, 6.45) is -5.21. The van der Waals surface area contributed by atoms with Crippen LogP contribution in [0.25, 0.3) is 0 Å². The predicted octanol–water partition coefficient (Wildman–Crippen LogP) is 1.94. The molecule has 5 N–H and O–H groups in total. The maximum Gasteiger partial charge on any atom is 0.419 e. The molecule has 0 fully saturated rings. The van der Waals surface area contributed by atoms with E-state index in [1.165, 1.54) is 12.1 Å². The number of benzene rings is 2. The van der Waals surface area contributed by atoms with E-state index >= 15 is 0 Å². The van der Waals surface area contributed by atoms with Crippen molar-refractivity contribution in [1.82, 2.24) is 16.1 Å². The van der Waals surface area contributed by atoms with Crippen molar-refractivity contribution in [3.05, 3.63) is 71.3 Å². The molecular formula is C22H22F3N3O4. The minimum Gasteiger partial charge on any atom is -0.379 e. The summed E-state index contributed by atoms with van der Waals surface area (Å²) in [7, 11) is 0. The first kappa shape index (κ1) is 24.9. The lowest BCUT2D eigenvalue weighted by Gasteiger charge is -2.42. The zero-order valence-corrected chi connectivity index (χ0v) is 17.2. The molecule has 0 saturated carbocycles. The van der Waals surface area contributed by atoms with E-state index in [4.69, 9.17) is 5.21 Å². The second kappa shape index (κ2) is 9.82. The Balaban J connectivity index is 2.05. The molecule has 0 aliphatic heterocycles. The normalized spacial score (nSPS) is 14.8. The van der Waals surface area contributed by atoms with E-state index in [1.807, 2.05) is 30.3 Å². The van der Waals surface area contributed by atoms with Crippen molar-refractivity contribution in [3.63, 3.8) is 0 Å². The number of hydrogen-bond donors (Lipinski definition) is 5.